The van der Waals surface area contributed by atoms with Crippen LogP contribution in [0.2, 0.25) is 0 Å². The van der Waals surface area contributed by atoms with Gasteiger partial charge >= 0.3 is 0 Å². The molecule has 1 aromatic rings. The van der Waals surface area contributed by atoms with Gasteiger partial charge in [-0.25, -0.2) is 0 Å². The molecule has 1 aliphatic heterocycles. The van der Waals surface area contributed by atoms with Crippen molar-refractivity contribution in [2.45, 2.75) is 33.1 Å². The summed E-state index contributed by atoms with van der Waals surface area (Å²) in [6, 6.07) is 8.27. The maximum atomic E-state index is 5.56. The second-order valence-electron chi connectivity index (χ2n) is 7.76. The van der Waals surface area contributed by atoms with Crippen LogP contribution in [0, 0.1) is 5.41 Å². The Balaban J connectivity index is 1.57. The first-order valence-corrected chi connectivity index (χ1v) is 10.7. The molecule has 0 aromatic heterocycles. The summed E-state index contributed by atoms with van der Waals surface area (Å²) in [5.41, 5.74) is 1.56. The van der Waals surface area contributed by atoms with E-state index in [1.54, 1.807) is 7.11 Å². The van der Waals surface area contributed by atoms with Crippen molar-refractivity contribution >= 4 is 11.6 Å². The fraction of sp³-hybridized carbons (Fsp3) is 0.682. The predicted octanol–water partition coefficient (Wildman–Crippen LogP) is 2.99. The lowest BCUT2D eigenvalue weighted by atomic mass is 10.0. The van der Waals surface area contributed by atoms with Crippen LogP contribution >= 0.6 is 0 Å². The molecule has 6 heteroatoms. The van der Waals surface area contributed by atoms with E-state index in [1.165, 1.54) is 18.5 Å². The fourth-order valence-corrected chi connectivity index (χ4v) is 3.82. The summed E-state index contributed by atoms with van der Waals surface area (Å²) in [4.78, 5) is 9.82. The average Bonchev–Trinajstić information content (AvgIpc) is 3.51. The number of aliphatic imine (C=N–C) groups is 1. The molecule has 0 radical (unpaired) electrons. The van der Waals surface area contributed by atoms with Crippen LogP contribution in [0.3, 0.4) is 0 Å². The van der Waals surface area contributed by atoms with Crippen molar-refractivity contribution in [2.75, 3.05) is 64.5 Å². The fourth-order valence-electron chi connectivity index (χ4n) is 3.82. The number of methoxy groups -OCH3 is 1. The van der Waals surface area contributed by atoms with Crippen LogP contribution in [0.15, 0.2) is 29.3 Å². The summed E-state index contributed by atoms with van der Waals surface area (Å²) in [6.07, 6.45) is 3.69. The number of hydrogen-bond donors (Lipinski definition) is 1. The SMILES string of the molecule is CCNC(=NCC1(CCOCC)CC1)N1CCN(c2ccccc2OC)CC1. The van der Waals surface area contributed by atoms with E-state index in [-0.39, 0.29) is 0 Å². The zero-order chi connectivity index (χ0) is 19.8. The highest BCUT2D eigenvalue weighted by molar-refractivity contribution is 5.80. The van der Waals surface area contributed by atoms with Crippen molar-refractivity contribution in [3.05, 3.63) is 24.3 Å². The standard InChI is InChI=1S/C22H36N4O2/c1-4-23-21(24-18-22(10-11-22)12-17-28-5-2)26-15-13-25(14-16-26)19-8-6-7-9-20(19)27-3/h6-9H,4-5,10-18H2,1-3H3,(H,23,24). The molecule has 0 spiro atoms. The molecule has 2 fully saturated rings. The van der Waals surface area contributed by atoms with E-state index in [0.717, 1.165) is 70.6 Å². The number of anilines is 1. The molecule has 28 heavy (non-hydrogen) atoms. The largest absolute Gasteiger partial charge is 0.495 e. The smallest absolute Gasteiger partial charge is 0.194 e. The molecule has 0 unspecified atom stereocenters. The van der Waals surface area contributed by atoms with Crippen LogP contribution < -0.4 is 15.0 Å². The van der Waals surface area contributed by atoms with E-state index >= 15 is 0 Å². The predicted molar refractivity (Wildman–Crippen MR) is 116 cm³/mol. The lowest BCUT2D eigenvalue weighted by Crippen LogP contribution is -2.52. The van der Waals surface area contributed by atoms with Gasteiger partial charge in [0.05, 0.1) is 12.8 Å². The highest BCUT2D eigenvalue weighted by Gasteiger charge is 2.42. The second-order valence-corrected chi connectivity index (χ2v) is 7.76. The van der Waals surface area contributed by atoms with Gasteiger partial charge in [-0.1, -0.05) is 12.1 Å². The Morgan fingerprint density at radius 1 is 1.14 bits per heavy atom. The third-order valence-corrected chi connectivity index (χ3v) is 5.84. The van der Waals surface area contributed by atoms with E-state index < -0.39 is 0 Å². The van der Waals surface area contributed by atoms with Gasteiger partial charge in [-0.3, -0.25) is 4.99 Å². The van der Waals surface area contributed by atoms with Crippen molar-refractivity contribution in [1.82, 2.24) is 10.2 Å². The minimum absolute atomic E-state index is 0.384. The third kappa shape index (κ3) is 5.31. The van der Waals surface area contributed by atoms with Crippen molar-refractivity contribution in [3.63, 3.8) is 0 Å². The Kier molecular flexibility index (Phi) is 7.43. The normalized spacial score (nSPS) is 18.9. The molecule has 2 aliphatic rings. The topological polar surface area (TPSA) is 49.3 Å². The summed E-state index contributed by atoms with van der Waals surface area (Å²) in [5, 5.41) is 3.50. The number of rotatable bonds is 9. The molecule has 6 nitrogen and oxygen atoms in total. The molecule has 0 amide bonds. The Hall–Kier alpha value is -1.95. The molecular weight excluding hydrogens is 352 g/mol. The summed E-state index contributed by atoms with van der Waals surface area (Å²) >= 11 is 0. The number of nitrogens with zero attached hydrogens (tertiary/aromatic N) is 3. The van der Waals surface area contributed by atoms with Crippen molar-refractivity contribution in [2.24, 2.45) is 10.4 Å². The zero-order valence-electron chi connectivity index (χ0n) is 17.7. The number of ether oxygens (including phenoxy) is 2. The maximum absolute atomic E-state index is 5.56. The zero-order valence-corrected chi connectivity index (χ0v) is 17.7. The van der Waals surface area contributed by atoms with Crippen LogP contribution in [-0.4, -0.2) is 70.5 Å². The number of guanidine groups is 1. The monoisotopic (exact) mass is 388 g/mol. The summed E-state index contributed by atoms with van der Waals surface area (Å²) < 4.78 is 11.1. The summed E-state index contributed by atoms with van der Waals surface area (Å²) in [5.74, 6) is 2.01. The van der Waals surface area contributed by atoms with E-state index in [0.29, 0.717) is 5.41 Å². The lowest BCUT2D eigenvalue weighted by Gasteiger charge is -2.38. The quantitative estimate of drug-likeness (QED) is 0.400. The third-order valence-electron chi connectivity index (χ3n) is 5.84. The molecule has 1 saturated carbocycles. The molecule has 1 aliphatic carbocycles. The highest BCUT2D eigenvalue weighted by atomic mass is 16.5. The van der Waals surface area contributed by atoms with Gasteiger partial charge in [0.1, 0.15) is 5.75 Å². The number of nitrogens with one attached hydrogen (secondary N) is 1. The van der Waals surface area contributed by atoms with Gasteiger partial charge in [0.25, 0.3) is 0 Å². The van der Waals surface area contributed by atoms with E-state index in [2.05, 4.69) is 41.1 Å². The molecule has 0 atom stereocenters. The van der Waals surface area contributed by atoms with Crippen molar-refractivity contribution in [1.29, 1.82) is 0 Å². The minimum atomic E-state index is 0.384. The molecule has 156 valence electrons. The maximum Gasteiger partial charge on any atom is 0.194 e. The van der Waals surface area contributed by atoms with Crippen molar-refractivity contribution in [3.8, 4) is 5.75 Å². The average molecular weight is 389 g/mol. The first-order chi connectivity index (χ1) is 13.7. The molecule has 1 N–H and O–H groups in total. The Morgan fingerprint density at radius 3 is 2.54 bits per heavy atom. The van der Waals surface area contributed by atoms with Crippen LogP contribution in [0.1, 0.15) is 33.1 Å². The Morgan fingerprint density at radius 2 is 1.89 bits per heavy atom. The van der Waals surface area contributed by atoms with E-state index in [1.807, 2.05) is 12.1 Å². The number of piperazine rings is 1. The van der Waals surface area contributed by atoms with E-state index in [9.17, 15) is 0 Å². The second kappa shape index (κ2) is 10.0. The van der Waals surface area contributed by atoms with Gasteiger partial charge in [0.15, 0.2) is 5.96 Å². The lowest BCUT2D eigenvalue weighted by molar-refractivity contribution is 0.129. The first kappa shape index (κ1) is 20.8. The van der Waals surface area contributed by atoms with E-state index in [4.69, 9.17) is 14.5 Å². The van der Waals surface area contributed by atoms with Crippen LogP contribution in [0.25, 0.3) is 0 Å². The molecule has 1 heterocycles. The van der Waals surface area contributed by atoms with Gasteiger partial charge in [-0.15, -0.1) is 0 Å². The summed E-state index contributed by atoms with van der Waals surface area (Å²) in [7, 11) is 1.74. The van der Waals surface area contributed by atoms with Crippen LogP contribution in [0.5, 0.6) is 5.75 Å². The van der Waals surface area contributed by atoms with Crippen molar-refractivity contribution < 1.29 is 9.47 Å². The minimum Gasteiger partial charge on any atom is -0.495 e. The molecule has 0 bridgehead atoms. The number of benzene rings is 1. The van der Waals surface area contributed by atoms with Gasteiger partial charge < -0.3 is 24.6 Å². The van der Waals surface area contributed by atoms with Gasteiger partial charge in [0, 0.05) is 52.5 Å². The molecule has 1 saturated heterocycles. The van der Waals surface area contributed by atoms with Crippen LogP contribution in [0.4, 0.5) is 5.69 Å². The number of hydrogen-bond acceptors (Lipinski definition) is 4. The number of para-hydroxylation sites is 2. The Labute approximate surface area is 169 Å². The Bertz CT molecular complexity index is 637. The van der Waals surface area contributed by atoms with Gasteiger partial charge in [-0.2, -0.15) is 0 Å². The highest BCUT2D eigenvalue weighted by Crippen LogP contribution is 2.49. The van der Waals surface area contributed by atoms with Gasteiger partial charge in [-0.05, 0) is 50.7 Å². The molecule has 1 aromatic carbocycles. The van der Waals surface area contributed by atoms with Gasteiger partial charge in [0.2, 0.25) is 0 Å². The molecule has 3 rings (SSSR count). The molecular formula is C22H36N4O2. The first-order valence-electron chi connectivity index (χ1n) is 10.7. The van der Waals surface area contributed by atoms with Crippen LogP contribution in [-0.2, 0) is 4.74 Å². The summed E-state index contributed by atoms with van der Waals surface area (Å²) in [6.45, 7) is 11.6.